The summed E-state index contributed by atoms with van der Waals surface area (Å²) in [5.41, 5.74) is 2.98. The Morgan fingerprint density at radius 2 is 1.88 bits per heavy atom. The molecule has 0 spiro atoms. The van der Waals surface area contributed by atoms with E-state index < -0.39 is 0 Å². The number of amides is 1. The molecule has 0 unspecified atom stereocenters. The maximum absolute atomic E-state index is 12.6. The van der Waals surface area contributed by atoms with Crippen LogP contribution in [-0.2, 0) is 11.3 Å². The van der Waals surface area contributed by atoms with Gasteiger partial charge in [0, 0.05) is 29.1 Å². The van der Waals surface area contributed by atoms with E-state index in [2.05, 4.69) is 33.1 Å². The second kappa shape index (κ2) is 6.48. The number of halogens is 1. The monoisotopic (exact) mass is 395 g/mol. The van der Waals surface area contributed by atoms with Gasteiger partial charge in [-0.15, -0.1) is 0 Å². The molecule has 0 radical (unpaired) electrons. The minimum absolute atomic E-state index is 0.0759. The number of hydrogen-bond donors (Lipinski definition) is 0. The summed E-state index contributed by atoms with van der Waals surface area (Å²) >= 11 is 3.46. The lowest BCUT2D eigenvalue weighted by Gasteiger charge is -2.17. The molecule has 5 heteroatoms. The van der Waals surface area contributed by atoms with Crippen LogP contribution < -0.4 is 4.90 Å². The summed E-state index contributed by atoms with van der Waals surface area (Å²) in [5.74, 6) is 1.17. The number of nitrogens with zero attached hydrogens (tertiary/aromatic N) is 3. The predicted molar refractivity (Wildman–Crippen MR) is 104 cm³/mol. The molecule has 1 aliphatic rings. The lowest BCUT2D eigenvalue weighted by atomic mass is 10.1. The summed E-state index contributed by atoms with van der Waals surface area (Å²) in [6, 6.07) is 17.9. The molecule has 0 N–H and O–H groups in total. The van der Waals surface area contributed by atoms with Crippen molar-refractivity contribution in [2.75, 3.05) is 11.4 Å². The first kappa shape index (κ1) is 16.1. The smallest absolute Gasteiger partial charge is 0.227 e. The molecule has 0 aliphatic carbocycles. The van der Waals surface area contributed by atoms with Gasteiger partial charge < -0.3 is 9.47 Å². The first-order valence-electron chi connectivity index (χ1n) is 8.27. The molecule has 126 valence electrons. The molecule has 3 aromatic rings. The SMILES string of the molecule is C=C(Br)Cn1c([C@@H]2CC(=O)N(c3ccccc3)C2)nc2ccccc21. The van der Waals surface area contributed by atoms with E-state index in [0.717, 1.165) is 27.0 Å². The van der Waals surface area contributed by atoms with Crippen molar-refractivity contribution in [1.82, 2.24) is 9.55 Å². The van der Waals surface area contributed by atoms with Gasteiger partial charge in [-0.05, 0) is 24.3 Å². The molecule has 0 saturated carbocycles. The second-order valence-electron chi connectivity index (χ2n) is 6.30. The largest absolute Gasteiger partial charge is 0.323 e. The maximum atomic E-state index is 12.6. The van der Waals surface area contributed by atoms with E-state index in [-0.39, 0.29) is 11.8 Å². The van der Waals surface area contributed by atoms with Crippen LogP contribution in [0.2, 0.25) is 0 Å². The van der Waals surface area contributed by atoms with Gasteiger partial charge in [-0.1, -0.05) is 52.8 Å². The van der Waals surface area contributed by atoms with Crippen molar-refractivity contribution in [3.05, 3.63) is 71.5 Å². The highest BCUT2D eigenvalue weighted by Crippen LogP contribution is 2.33. The third kappa shape index (κ3) is 3.00. The van der Waals surface area contributed by atoms with E-state index in [0.29, 0.717) is 19.5 Å². The zero-order valence-corrected chi connectivity index (χ0v) is 15.3. The molecular formula is C20H18BrN3O. The van der Waals surface area contributed by atoms with Crippen molar-refractivity contribution >= 4 is 38.6 Å². The quantitative estimate of drug-likeness (QED) is 0.653. The Morgan fingerprint density at radius 3 is 2.64 bits per heavy atom. The van der Waals surface area contributed by atoms with Crippen molar-refractivity contribution in [1.29, 1.82) is 0 Å². The zero-order valence-electron chi connectivity index (χ0n) is 13.7. The molecule has 25 heavy (non-hydrogen) atoms. The van der Waals surface area contributed by atoms with Gasteiger partial charge >= 0.3 is 0 Å². The average Bonchev–Trinajstić information content (AvgIpc) is 3.16. The fraction of sp³-hybridized carbons (Fsp3) is 0.200. The second-order valence-corrected chi connectivity index (χ2v) is 7.42. The summed E-state index contributed by atoms with van der Waals surface area (Å²) in [6.07, 6.45) is 0.479. The summed E-state index contributed by atoms with van der Waals surface area (Å²) in [7, 11) is 0. The van der Waals surface area contributed by atoms with E-state index in [9.17, 15) is 4.79 Å². The highest BCUT2D eigenvalue weighted by atomic mass is 79.9. The molecule has 1 amide bonds. The minimum Gasteiger partial charge on any atom is -0.323 e. The van der Waals surface area contributed by atoms with Gasteiger partial charge in [-0.25, -0.2) is 4.98 Å². The van der Waals surface area contributed by atoms with Crippen molar-refractivity contribution in [3.8, 4) is 0 Å². The third-order valence-corrected chi connectivity index (χ3v) is 4.82. The molecule has 1 saturated heterocycles. The van der Waals surface area contributed by atoms with Gasteiger partial charge in [0.2, 0.25) is 5.91 Å². The van der Waals surface area contributed by atoms with E-state index in [4.69, 9.17) is 4.98 Å². The number of fused-ring (bicyclic) bond motifs is 1. The first-order chi connectivity index (χ1) is 12.1. The Morgan fingerprint density at radius 1 is 1.16 bits per heavy atom. The lowest BCUT2D eigenvalue weighted by Crippen LogP contribution is -2.24. The lowest BCUT2D eigenvalue weighted by molar-refractivity contribution is -0.117. The van der Waals surface area contributed by atoms with Gasteiger partial charge in [0.05, 0.1) is 17.6 Å². The van der Waals surface area contributed by atoms with Gasteiger partial charge in [-0.2, -0.15) is 0 Å². The van der Waals surface area contributed by atoms with Gasteiger partial charge in [0.1, 0.15) is 5.82 Å². The molecule has 4 nitrogen and oxygen atoms in total. The number of allylic oxidation sites excluding steroid dienone is 1. The molecule has 4 rings (SSSR count). The molecule has 1 aromatic heterocycles. The predicted octanol–water partition coefficient (Wildman–Crippen LogP) is 4.47. The Bertz CT molecular complexity index is 948. The van der Waals surface area contributed by atoms with E-state index in [1.807, 2.05) is 53.4 Å². The average molecular weight is 396 g/mol. The van der Waals surface area contributed by atoms with Crippen molar-refractivity contribution in [2.24, 2.45) is 0 Å². The molecule has 2 aromatic carbocycles. The Labute approximate surface area is 154 Å². The number of benzene rings is 2. The molecular weight excluding hydrogens is 378 g/mol. The van der Waals surface area contributed by atoms with Crippen LogP contribution in [0.25, 0.3) is 11.0 Å². The number of carbonyl (C=O) groups excluding carboxylic acids is 1. The van der Waals surface area contributed by atoms with Crippen LogP contribution in [0.15, 0.2) is 65.7 Å². The van der Waals surface area contributed by atoms with Gasteiger partial charge in [-0.3, -0.25) is 4.79 Å². The summed E-state index contributed by atoms with van der Waals surface area (Å²) < 4.78 is 3.06. The van der Waals surface area contributed by atoms with Crippen LogP contribution in [0, 0.1) is 0 Å². The third-order valence-electron chi connectivity index (χ3n) is 4.57. The highest BCUT2D eigenvalue weighted by molar-refractivity contribution is 9.11. The van der Waals surface area contributed by atoms with Crippen LogP contribution in [-0.4, -0.2) is 22.0 Å². The summed E-state index contributed by atoms with van der Waals surface area (Å²) in [5, 5.41) is 0. The Balaban J connectivity index is 1.73. The molecule has 1 fully saturated rings. The minimum atomic E-state index is 0.0759. The fourth-order valence-electron chi connectivity index (χ4n) is 3.48. The zero-order chi connectivity index (χ0) is 17.4. The van der Waals surface area contributed by atoms with Crippen molar-refractivity contribution in [3.63, 3.8) is 0 Å². The summed E-state index contributed by atoms with van der Waals surface area (Å²) in [6.45, 7) is 5.27. The van der Waals surface area contributed by atoms with Crippen molar-refractivity contribution in [2.45, 2.75) is 18.9 Å². The van der Waals surface area contributed by atoms with Crippen LogP contribution in [0.3, 0.4) is 0 Å². The Hall–Kier alpha value is -2.40. The molecule has 2 heterocycles. The van der Waals surface area contributed by atoms with Crippen LogP contribution in [0.4, 0.5) is 5.69 Å². The number of rotatable bonds is 4. The van der Waals surface area contributed by atoms with E-state index >= 15 is 0 Å². The topological polar surface area (TPSA) is 38.1 Å². The molecule has 1 aliphatic heterocycles. The van der Waals surface area contributed by atoms with Crippen molar-refractivity contribution < 1.29 is 4.79 Å². The molecule has 0 bridgehead atoms. The number of hydrogen-bond acceptors (Lipinski definition) is 2. The number of anilines is 1. The normalized spacial score (nSPS) is 17.4. The van der Waals surface area contributed by atoms with Gasteiger partial charge in [0.25, 0.3) is 0 Å². The Kier molecular flexibility index (Phi) is 4.17. The fourth-order valence-corrected chi connectivity index (χ4v) is 3.73. The van der Waals surface area contributed by atoms with E-state index in [1.165, 1.54) is 0 Å². The number of carbonyl (C=O) groups is 1. The first-order valence-corrected chi connectivity index (χ1v) is 9.06. The van der Waals surface area contributed by atoms with Crippen LogP contribution in [0.5, 0.6) is 0 Å². The van der Waals surface area contributed by atoms with Gasteiger partial charge in [0.15, 0.2) is 0 Å². The number of imidazole rings is 1. The van der Waals surface area contributed by atoms with Crippen LogP contribution in [0.1, 0.15) is 18.2 Å². The summed E-state index contributed by atoms with van der Waals surface area (Å²) in [4.78, 5) is 19.3. The number of para-hydroxylation sites is 3. The molecule has 1 atom stereocenters. The maximum Gasteiger partial charge on any atom is 0.227 e. The van der Waals surface area contributed by atoms with E-state index in [1.54, 1.807) is 0 Å². The van der Waals surface area contributed by atoms with Crippen LogP contribution >= 0.6 is 15.9 Å². The highest BCUT2D eigenvalue weighted by Gasteiger charge is 2.34. The number of aromatic nitrogens is 2. The standard InChI is InChI=1S/C20H18BrN3O/c1-14(21)12-24-18-10-6-5-9-17(18)22-20(24)15-11-19(25)23(13-15)16-7-3-2-4-8-16/h2-10,15H,1,11-13H2/t15-/m1/s1.